The van der Waals surface area contributed by atoms with E-state index in [4.69, 9.17) is 0 Å². The van der Waals surface area contributed by atoms with Crippen molar-refractivity contribution < 1.29 is 9.90 Å². The number of hydrogen-bond donors (Lipinski definition) is 1. The van der Waals surface area contributed by atoms with E-state index >= 15 is 0 Å². The zero-order valence-corrected chi connectivity index (χ0v) is 11.0. The van der Waals surface area contributed by atoms with Crippen molar-refractivity contribution in [3.05, 3.63) is 23.9 Å². The number of carboxylic acid groups (broad SMARTS) is 1. The van der Waals surface area contributed by atoms with Crippen LogP contribution in [-0.4, -0.2) is 53.2 Å². The topological polar surface area (TPSA) is 56.7 Å². The second-order valence-electron chi connectivity index (χ2n) is 5.31. The van der Waals surface area contributed by atoms with Crippen molar-refractivity contribution in [2.45, 2.75) is 25.3 Å². The zero-order valence-electron chi connectivity index (χ0n) is 11.0. The van der Waals surface area contributed by atoms with Crippen LogP contribution in [0.5, 0.6) is 0 Å². The molecule has 102 valence electrons. The van der Waals surface area contributed by atoms with Crippen LogP contribution in [0, 0.1) is 0 Å². The van der Waals surface area contributed by atoms with Gasteiger partial charge in [0.15, 0.2) is 0 Å². The molecule has 0 aromatic carbocycles. The van der Waals surface area contributed by atoms with Crippen molar-refractivity contribution in [1.82, 2.24) is 9.88 Å². The summed E-state index contributed by atoms with van der Waals surface area (Å²) >= 11 is 0. The lowest BCUT2D eigenvalue weighted by Crippen LogP contribution is -2.35. The number of aromatic carboxylic acids is 1. The molecule has 1 aromatic rings. The van der Waals surface area contributed by atoms with E-state index in [1.165, 1.54) is 25.9 Å². The highest BCUT2D eigenvalue weighted by Crippen LogP contribution is 2.26. The Labute approximate surface area is 112 Å². The molecule has 0 spiro atoms. The summed E-state index contributed by atoms with van der Waals surface area (Å²) in [6, 6.07) is 3.88. The smallest absolute Gasteiger partial charge is 0.339 e. The van der Waals surface area contributed by atoms with E-state index in [0.29, 0.717) is 17.4 Å². The third-order valence-corrected chi connectivity index (χ3v) is 4.14. The van der Waals surface area contributed by atoms with Gasteiger partial charge in [-0.15, -0.1) is 0 Å². The Morgan fingerprint density at radius 2 is 2.11 bits per heavy atom. The molecule has 1 atom stereocenters. The minimum absolute atomic E-state index is 0.310. The fourth-order valence-corrected chi connectivity index (χ4v) is 3.15. The van der Waals surface area contributed by atoms with Crippen molar-refractivity contribution in [2.24, 2.45) is 0 Å². The monoisotopic (exact) mass is 261 g/mol. The van der Waals surface area contributed by atoms with Gasteiger partial charge >= 0.3 is 5.97 Å². The molecule has 2 aliphatic rings. The largest absolute Gasteiger partial charge is 0.478 e. The van der Waals surface area contributed by atoms with Crippen LogP contribution in [0.15, 0.2) is 18.3 Å². The fraction of sp³-hybridized carbons (Fsp3) is 0.571. The van der Waals surface area contributed by atoms with Gasteiger partial charge in [0.2, 0.25) is 0 Å². The Bertz CT molecular complexity index is 472. The minimum Gasteiger partial charge on any atom is -0.478 e. The summed E-state index contributed by atoms with van der Waals surface area (Å²) < 4.78 is 0. The summed E-state index contributed by atoms with van der Waals surface area (Å²) in [5, 5.41) is 9.23. The number of hydrogen-bond acceptors (Lipinski definition) is 4. The van der Waals surface area contributed by atoms with Crippen LogP contribution in [0.25, 0.3) is 0 Å². The van der Waals surface area contributed by atoms with Crippen LogP contribution < -0.4 is 4.90 Å². The van der Waals surface area contributed by atoms with Crippen LogP contribution >= 0.6 is 0 Å². The van der Waals surface area contributed by atoms with Gasteiger partial charge in [0.1, 0.15) is 11.4 Å². The lowest BCUT2D eigenvalue weighted by atomic mass is 10.2. The summed E-state index contributed by atoms with van der Waals surface area (Å²) in [5.41, 5.74) is 0.310. The van der Waals surface area contributed by atoms with Gasteiger partial charge in [0, 0.05) is 25.3 Å². The number of carboxylic acids is 1. The first kappa shape index (κ1) is 12.4. The number of likely N-dealkylation sites (tertiary alicyclic amines) is 1. The number of carbonyl (C=O) groups is 1. The first-order valence-corrected chi connectivity index (χ1v) is 6.93. The molecule has 2 saturated heterocycles. The van der Waals surface area contributed by atoms with Crippen LogP contribution in [0.1, 0.15) is 29.6 Å². The molecule has 0 bridgehead atoms. The highest BCUT2D eigenvalue weighted by atomic mass is 16.4. The van der Waals surface area contributed by atoms with Crippen molar-refractivity contribution in [2.75, 3.05) is 31.1 Å². The van der Waals surface area contributed by atoms with E-state index in [2.05, 4.69) is 14.8 Å². The van der Waals surface area contributed by atoms with Crippen molar-refractivity contribution >= 4 is 11.8 Å². The van der Waals surface area contributed by atoms with Gasteiger partial charge in [-0.3, -0.25) is 4.90 Å². The molecule has 0 aliphatic carbocycles. The molecule has 5 nitrogen and oxygen atoms in total. The SMILES string of the molecule is O=C(O)c1cccnc1N1CCC(N2CCCC2)C1. The predicted octanol–water partition coefficient (Wildman–Crippen LogP) is 1.45. The van der Waals surface area contributed by atoms with Gasteiger partial charge in [-0.2, -0.15) is 0 Å². The van der Waals surface area contributed by atoms with Crippen molar-refractivity contribution in [1.29, 1.82) is 0 Å². The fourth-order valence-electron chi connectivity index (χ4n) is 3.15. The number of aromatic nitrogens is 1. The third kappa shape index (κ3) is 2.42. The van der Waals surface area contributed by atoms with E-state index in [0.717, 1.165) is 19.5 Å². The van der Waals surface area contributed by atoms with E-state index in [1.807, 2.05) is 0 Å². The van der Waals surface area contributed by atoms with Gasteiger partial charge in [-0.25, -0.2) is 9.78 Å². The lowest BCUT2D eigenvalue weighted by Gasteiger charge is -2.24. The molecule has 5 heteroatoms. The summed E-state index contributed by atoms with van der Waals surface area (Å²) in [6.07, 6.45) is 5.36. The molecular weight excluding hydrogens is 242 g/mol. The molecular formula is C14H19N3O2. The van der Waals surface area contributed by atoms with Crippen LogP contribution in [0.2, 0.25) is 0 Å². The maximum atomic E-state index is 11.2. The van der Waals surface area contributed by atoms with Crippen molar-refractivity contribution in [3.63, 3.8) is 0 Å². The first-order chi connectivity index (χ1) is 9.25. The van der Waals surface area contributed by atoms with Gasteiger partial charge in [0.25, 0.3) is 0 Å². The van der Waals surface area contributed by atoms with Crippen LogP contribution in [0.4, 0.5) is 5.82 Å². The summed E-state index contributed by atoms with van der Waals surface area (Å²) in [7, 11) is 0. The highest BCUT2D eigenvalue weighted by Gasteiger charge is 2.31. The normalized spacial score (nSPS) is 24.0. The number of pyridine rings is 1. The molecule has 0 amide bonds. The molecule has 1 N–H and O–H groups in total. The predicted molar refractivity (Wildman–Crippen MR) is 72.6 cm³/mol. The quantitative estimate of drug-likeness (QED) is 0.892. The Morgan fingerprint density at radius 1 is 1.32 bits per heavy atom. The lowest BCUT2D eigenvalue weighted by molar-refractivity contribution is 0.0697. The molecule has 2 fully saturated rings. The van der Waals surface area contributed by atoms with E-state index in [1.54, 1.807) is 18.3 Å². The Morgan fingerprint density at radius 3 is 2.84 bits per heavy atom. The van der Waals surface area contributed by atoms with E-state index in [-0.39, 0.29) is 0 Å². The van der Waals surface area contributed by atoms with E-state index in [9.17, 15) is 9.90 Å². The maximum absolute atomic E-state index is 11.2. The molecule has 2 aliphatic heterocycles. The van der Waals surface area contributed by atoms with E-state index < -0.39 is 5.97 Å². The van der Waals surface area contributed by atoms with Gasteiger partial charge in [-0.05, 0) is 44.5 Å². The third-order valence-electron chi connectivity index (χ3n) is 4.14. The molecule has 3 rings (SSSR count). The average molecular weight is 261 g/mol. The van der Waals surface area contributed by atoms with Crippen LogP contribution in [0.3, 0.4) is 0 Å². The number of anilines is 1. The average Bonchev–Trinajstić information content (AvgIpc) is 3.09. The van der Waals surface area contributed by atoms with Crippen molar-refractivity contribution in [3.8, 4) is 0 Å². The Balaban J connectivity index is 1.75. The molecule has 3 heterocycles. The summed E-state index contributed by atoms with van der Waals surface area (Å²) in [5.74, 6) is -0.274. The second kappa shape index (κ2) is 5.17. The standard InChI is InChI=1S/C14H19N3O2/c18-14(19)12-4-3-6-15-13(12)17-9-5-11(10-17)16-7-1-2-8-16/h3-4,6,11H,1-2,5,7-10H2,(H,18,19). The highest BCUT2D eigenvalue weighted by molar-refractivity contribution is 5.93. The number of rotatable bonds is 3. The molecule has 19 heavy (non-hydrogen) atoms. The first-order valence-electron chi connectivity index (χ1n) is 6.93. The summed E-state index contributed by atoms with van der Waals surface area (Å²) in [4.78, 5) is 20.2. The molecule has 0 saturated carbocycles. The Hall–Kier alpha value is -1.62. The number of nitrogens with zero attached hydrogens (tertiary/aromatic N) is 3. The summed E-state index contributed by atoms with van der Waals surface area (Å²) in [6.45, 7) is 4.18. The Kier molecular flexibility index (Phi) is 3.38. The second-order valence-corrected chi connectivity index (χ2v) is 5.31. The van der Waals surface area contributed by atoms with Gasteiger partial charge in [0.05, 0.1) is 0 Å². The minimum atomic E-state index is -0.896. The molecule has 0 radical (unpaired) electrons. The zero-order chi connectivity index (χ0) is 13.2. The van der Waals surface area contributed by atoms with Crippen LogP contribution in [-0.2, 0) is 0 Å². The molecule has 1 unspecified atom stereocenters. The van der Waals surface area contributed by atoms with Gasteiger partial charge in [-0.1, -0.05) is 0 Å². The maximum Gasteiger partial charge on any atom is 0.339 e. The molecule has 1 aromatic heterocycles. The van der Waals surface area contributed by atoms with Gasteiger partial charge < -0.3 is 10.0 Å².